The minimum atomic E-state index is 0.531. The zero-order valence-corrected chi connectivity index (χ0v) is 12.0. The molecule has 20 heavy (non-hydrogen) atoms. The van der Waals surface area contributed by atoms with E-state index in [4.69, 9.17) is 5.73 Å². The molecule has 1 fully saturated rings. The van der Waals surface area contributed by atoms with E-state index in [9.17, 15) is 0 Å². The second kappa shape index (κ2) is 5.25. The smallest absolute Gasteiger partial charge is 0.123 e. The van der Waals surface area contributed by atoms with Crippen LogP contribution < -0.4 is 5.73 Å². The number of nitrogens with zero attached hydrogens (tertiary/aromatic N) is 2. The molecule has 1 aliphatic rings. The van der Waals surface area contributed by atoms with E-state index < -0.39 is 0 Å². The SMILES string of the molecule is C[N@+]1(Cc2ccccc2)CCC[C@H]1c1ccc(N)nc1. The highest BCUT2D eigenvalue weighted by atomic mass is 15.4. The van der Waals surface area contributed by atoms with Gasteiger partial charge in [-0.2, -0.15) is 0 Å². The average molecular weight is 268 g/mol. The molecule has 2 heterocycles. The Labute approximate surface area is 120 Å². The summed E-state index contributed by atoms with van der Waals surface area (Å²) >= 11 is 0. The molecule has 1 saturated heterocycles. The standard InChI is InChI=1S/C17H22N3/c1-20(13-14-6-3-2-4-7-14)11-5-8-16(20)15-9-10-17(18)19-12-15/h2-4,6-7,9-10,12,16H,5,8,11,13H2,1H3,(H2,18,19)/q+1/t16-,20+/m0/s1. The third-order valence-electron chi connectivity index (χ3n) is 4.48. The van der Waals surface area contributed by atoms with Crippen molar-refractivity contribution in [1.82, 2.24) is 4.98 Å². The maximum Gasteiger partial charge on any atom is 0.123 e. The number of nitrogen functional groups attached to an aromatic ring is 1. The van der Waals surface area contributed by atoms with Gasteiger partial charge in [-0.3, -0.25) is 0 Å². The van der Waals surface area contributed by atoms with Crippen LogP contribution in [0.4, 0.5) is 5.82 Å². The lowest BCUT2D eigenvalue weighted by molar-refractivity contribution is -0.939. The van der Waals surface area contributed by atoms with E-state index in [2.05, 4.69) is 48.4 Å². The van der Waals surface area contributed by atoms with Gasteiger partial charge in [0.25, 0.3) is 0 Å². The van der Waals surface area contributed by atoms with Gasteiger partial charge in [-0.05, 0) is 12.1 Å². The van der Waals surface area contributed by atoms with Gasteiger partial charge in [0.15, 0.2) is 0 Å². The zero-order chi connectivity index (χ0) is 14.0. The van der Waals surface area contributed by atoms with Gasteiger partial charge in [-0.1, -0.05) is 30.3 Å². The molecular weight excluding hydrogens is 246 g/mol. The Hall–Kier alpha value is -1.87. The normalized spacial score (nSPS) is 25.8. The first-order valence-electron chi connectivity index (χ1n) is 7.27. The van der Waals surface area contributed by atoms with E-state index in [1.165, 1.54) is 30.5 Å². The van der Waals surface area contributed by atoms with E-state index >= 15 is 0 Å². The van der Waals surface area contributed by atoms with Crippen molar-refractivity contribution in [3.63, 3.8) is 0 Å². The Bertz CT molecular complexity index is 565. The van der Waals surface area contributed by atoms with Gasteiger partial charge in [0.05, 0.1) is 13.6 Å². The minimum Gasteiger partial charge on any atom is -0.384 e. The van der Waals surface area contributed by atoms with Crippen LogP contribution in [0.25, 0.3) is 0 Å². The van der Waals surface area contributed by atoms with Crippen LogP contribution in [0, 0.1) is 0 Å². The van der Waals surface area contributed by atoms with Gasteiger partial charge in [0.2, 0.25) is 0 Å². The van der Waals surface area contributed by atoms with Crippen LogP contribution in [0.1, 0.15) is 30.0 Å². The van der Waals surface area contributed by atoms with Crippen molar-refractivity contribution < 1.29 is 4.48 Å². The molecule has 0 bridgehead atoms. The first kappa shape index (κ1) is 13.1. The Morgan fingerprint density at radius 3 is 2.70 bits per heavy atom. The van der Waals surface area contributed by atoms with Gasteiger partial charge in [0.1, 0.15) is 18.4 Å². The van der Waals surface area contributed by atoms with Gasteiger partial charge in [-0.15, -0.1) is 0 Å². The molecule has 2 aromatic rings. The van der Waals surface area contributed by atoms with E-state index in [-0.39, 0.29) is 0 Å². The number of benzene rings is 1. The topological polar surface area (TPSA) is 38.9 Å². The number of nitrogens with two attached hydrogens (primary N) is 1. The second-order valence-electron chi connectivity index (χ2n) is 6.02. The van der Waals surface area contributed by atoms with Gasteiger partial charge >= 0.3 is 0 Å². The summed E-state index contributed by atoms with van der Waals surface area (Å²) in [5, 5.41) is 0. The molecule has 0 spiro atoms. The lowest BCUT2D eigenvalue weighted by atomic mass is 10.0. The molecular formula is C17H22N3+. The van der Waals surface area contributed by atoms with Crippen molar-refractivity contribution in [2.45, 2.75) is 25.4 Å². The van der Waals surface area contributed by atoms with Crippen LogP contribution in [-0.2, 0) is 6.54 Å². The Balaban J connectivity index is 1.85. The molecule has 2 N–H and O–H groups in total. The summed E-state index contributed by atoms with van der Waals surface area (Å²) < 4.78 is 1.07. The predicted octanol–water partition coefficient (Wildman–Crippen LogP) is 3.15. The largest absolute Gasteiger partial charge is 0.384 e. The third-order valence-corrected chi connectivity index (χ3v) is 4.48. The summed E-state index contributed by atoms with van der Waals surface area (Å²) in [7, 11) is 2.36. The van der Waals surface area contributed by atoms with Gasteiger partial charge in [-0.25, -0.2) is 4.98 Å². The highest BCUT2D eigenvalue weighted by Crippen LogP contribution is 2.39. The summed E-state index contributed by atoms with van der Waals surface area (Å²) in [6, 6.07) is 15.4. The molecule has 0 radical (unpaired) electrons. The Kier molecular flexibility index (Phi) is 3.45. The fourth-order valence-electron chi connectivity index (χ4n) is 3.44. The summed E-state index contributed by atoms with van der Waals surface area (Å²) in [4.78, 5) is 4.26. The molecule has 1 aromatic carbocycles. The number of pyridine rings is 1. The second-order valence-corrected chi connectivity index (χ2v) is 6.02. The molecule has 104 valence electrons. The molecule has 3 heteroatoms. The molecule has 1 aromatic heterocycles. The van der Waals surface area contributed by atoms with E-state index in [1.54, 1.807) is 0 Å². The van der Waals surface area contributed by atoms with Crippen molar-refractivity contribution in [2.75, 3.05) is 19.3 Å². The predicted molar refractivity (Wildman–Crippen MR) is 81.8 cm³/mol. The number of aromatic nitrogens is 1. The molecule has 2 atom stereocenters. The van der Waals surface area contributed by atoms with Crippen molar-refractivity contribution >= 4 is 5.82 Å². The number of anilines is 1. The van der Waals surface area contributed by atoms with E-state index in [1.807, 2.05) is 12.3 Å². The highest BCUT2D eigenvalue weighted by Gasteiger charge is 2.39. The number of hydrogen-bond acceptors (Lipinski definition) is 2. The minimum absolute atomic E-state index is 0.531. The zero-order valence-electron chi connectivity index (χ0n) is 12.0. The van der Waals surface area contributed by atoms with Crippen LogP contribution in [-0.4, -0.2) is 23.1 Å². The van der Waals surface area contributed by atoms with Crippen LogP contribution in [0.15, 0.2) is 48.7 Å². The highest BCUT2D eigenvalue weighted by molar-refractivity contribution is 5.30. The Morgan fingerprint density at radius 2 is 2.00 bits per heavy atom. The number of rotatable bonds is 3. The van der Waals surface area contributed by atoms with Crippen LogP contribution in [0.2, 0.25) is 0 Å². The molecule has 0 saturated carbocycles. The number of hydrogen-bond donors (Lipinski definition) is 1. The molecule has 3 nitrogen and oxygen atoms in total. The molecule has 3 rings (SSSR count). The van der Waals surface area contributed by atoms with Crippen molar-refractivity contribution in [2.24, 2.45) is 0 Å². The lowest BCUT2D eigenvalue weighted by Gasteiger charge is -2.36. The fourth-order valence-corrected chi connectivity index (χ4v) is 3.44. The average Bonchev–Trinajstić information content (AvgIpc) is 2.82. The van der Waals surface area contributed by atoms with E-state index in [0.29, 0.717) is 11.9 Å². The summed E-state index contributed by atoms with van der Waals surface area (Å²) in [6.07, 6.45) is 4.46. The first-order valence-corrected chi connectivity index (χ1v) is 7.27. The lowest BCUT2D eigenvalue weighted by Crippen LogP contribution is -2.42. The quantitative estimate of drug-likeness (QED) is 0.869. The third kappa shape index (κ3) is 2.54. The number of quaternary nitrogens is 1. The van der Waals surface area contributed by atoms with Crippen molar-refractivity contribution in [1.29, 1.82) is 0 Å². The number of likely N-dealkylation sites (tertiary alicyclic amines) is 1. The Morgan fingerprint density at radius 1 is 1.20 bits per heavy atom. The first-order chi connectivity index (χ1) is 9.67. The summed E-state index contributed by atoms with van der Waals surface area (Å²) in [6.45, 7) is 2.31. The molecule has 0 amide bonds. The fraction of sp³-hybridized carbons (Fsp3) is 0.353. The summed E-state index contributed by atoms with van der Waals surface area (Å²) in [5.41, 5.74) is 8.42. The van der Waals surface area contributed by atoms with Gasteiger partial charge in [0, 0.05) is 30.2 Å². The molecule has 1 aliphatic heterocycles. The monoisotopic (exact) mass is 268 g/mol. The van der Waals surface area contributed by atoms with Crippen LogP contribution in [0.5, 0.6) is 0 Å². The van der Waals surface area contributed by atoms with Crippen molar-refractivity contribution in [3.05, 3.63) is 59.8 Å². The summed E-state index contributed by atoms with van der Waals surface area (Å²) in [5.74, 6) is 0.601. The molecule has 0 aliphatic carbocycles. The maximum atomic E-state index is 5.70. The molecule has 0 unspecified atom stereocenters. The van der Waals surface area contributed by atoms with Crippen LogP contribution in [0.3, 0.4) is 0 Å². The van der Waals surface area contributed by atoms with Crippen molar-refractivity contribution in [3.8, 4) is 0 Å². The maximum absolute atomic E-state index is 5.70. The van der Waals surface area contributed by atoms with E-state index in [0.717, 1.165) is 11.0 Å². The van der Waals surface area contributed by atoms with Gasteiger partial charge < -0.3 is 10.2 Å². The van der Waals surface area contributed by atoms with Crippen LogP contribution >= 0.6 is 0 Å².